The summed E-state index contributed by atoms with van der Waals surface area (Å²) in [5, 5.41) is 0. The average Bonchev–Trinajstić information content (AvgIpc) is 2.37. The minimum Gasteiger partial charge on any atom is -0.375 e. The molecule has 0 heterocycles. The Labute approximate surface area is 135 Å². The second kappa shape index (κ2) is 8.09. The van der Waals surface area contributed by atoms with E-state index in [-0.39, 0.29) is 11.5 Å². The van der Waals surface area contributed by atoms with Crippen LogP contribution in [0.2, 0.25) is 0 Å². The van der Waals surface area contributed by atoms with E-state index in [0.717, 1.165) is 12.0 Å². The van der Waals surface area contributed by atoms with E-state index < -0.39 is 15.7 Å². The molecule has 0 aliphatic heterocycles. The molecule has 126 valence electrons. The van der Waals surface area contributed by atoms with Gasteiger partial charge in [-0.2, -0.15) is 8.42 Å². The highest BCUT2D eigenvalue weighted by Crippen LogP contribution is 2.19. The van der Waals surface area contributed by atoms with Gasteiger partial charge in [0.25, 0.3) is 10.1 Å². The highest BCUT2D eigenvalue weighted by Gasteiger charge is 2.21. The Hall–Kier alpha value is -0.910. The minimum absolute atomic E-state index is 0.116. The predicted octanol–water partition coefficient (Wildman–Crippen LogP) is 3.93. The molecule has 0 atom stereocenters. The van der Waals surface area contributed by atoms with Crippen molar-refractivity contribution in [1.82, 2.24) is 0 Å². The van der Waals surface area contributed by atoms with Gasteiger partial charge in [0.1, 0.15) is 0 Å². The fourth-order valence-electron chi connectivity index (χ4n) is 1.81. The van der Waals surface area contributed by atoms with E-state index in [2.05, 4.69) is 13.8 Å². The lowest BCUT2D eigenvalue weighted by atomic mass is 10.1. The van der Waals surface area contributed by atoms with Gasteiger partial charge in [-0.15, -0.1) is 0 Å². The van der Waals surface area contributed by atoms with Gasteiger partial charge in [0.2, 0.25) is 0 Å². The summed E-state index contributed by atoms with van der Waals surface area (Å²) in [6, 6.07) is 6.65. The van der Waals surface area contributed by atoms with E-state index in [1.54, 1.807) is 24.3 Å². The van der Waals surface area contributed by atoms with Crippen molar-refractivity contribution in [2.45, 2.75) is 58.0 Å². The van der Waals surface area contributed by atoms with Crippen LogP contribution in [-0.4, -0.2) is 27.2 Å². The minimum atomic E-state index is -3.69. The predicted molar refractivity (Wildman–Crippen MR) is 88.4 cm³/mol. The van der Waals surface area contributed by atoms with Crippen molar-refractivity contribution in [2.24, 2.45) is 5.92 Å². The highest BCUT2D eigenvalue weighted by atomic mass is 32.2. The summed E-state index contributed by atoms with van der Waals surface area (Å²) >= 11 is 0. The van der Waals surface area contributed by atoms with Gasteiger partial charge in [-0.25, -0.2) is 0 Å². The molecule has 0 saturated heterocycles. The molecule has 0 aromatic heterocycles. The summed E-state index contributed by atoms with van der Waals surface area (Å²) < 4.78 is 35.1. The van der Waals surface area contributed by atoms with Gasteiger partial charge in [0.15, 0.2) is 0 Å². The lowest BCUT2D eigenvalue weighted by Crippen LogP contribution is -2.28. The largest absolute Gasteiger partial charge is 0.375 e. The fraction of sp³-hybridized carbons (Fsp3) is 0.647. The molecule has 1 aromatic carbocycles. The van der Waals surface area contributed by atoms with Gasteiger partial charge in [-0.1, -0.05) is 31.5 Å². The molecule has 0 amide bonds. The quantitative estimate of drug-likeness (QED) is 0.645. The van der Waals surface area contributed by atoms with Crippen molar-refractivity contribution in [3.05, 3.63) is 29.8 Å². The summed E-state index contributed by atoms with van der Waals surface area (Å²) in [7, 11) is -3.69. The zero-order valence-electron chi connectivity index (χ0n) is 14.3. The molecule has 4 nitrogen and oxygen atoms in total. The van der Waals surface area contributed by atoms with Gasteiger partial charge in [0, 0.05) is 13.0 Å². The maximum absolute atomic E-state index is 12.1. The van der Waals surface area contributed by atoms with Crippen molar-refractivity contribution in [3.63, 3.8) is 0 Å². The first-order chi connectivity index (χ1) is 10.1. The smallest absolute Gasteiger partial charge is 0.296 e. The van der Waals surface area contributed by atoms with Crippen LogP contribution >= 0.6 is 0 Å². The monoisotopic (exact) mass is 328 g/mol. The van der Waals surface area contributed by atoms with Gasteiger partial charge in [-0.3, -0.25) is 4.18 Å². The topological polar surface area (TPSA) is 52.6 Å². The van der Waals surface area contributed by atoms with Gasteiger partial charge >= 0.3 is 0 Å². The van der Waals surface area contributed by atoms with Crippen LogP contribution in [0.1, 0.15) is 46.1 Å². The van der Waals surface area contributed by atoms with E-state index in [0.29, 0.717) is 18.9 Å². The number of ether oxygens (including phenoxy) is 1. The fourth-order valence-corrected chi connectivity index (χ4v) is 2.72. The van der Waals surface area contributed by atoms with Crippen molar-refractivity contribution in [3.8, 4) is 0 Å². The number of hydrogen-bond donors (Lipinski definition) is 0. The molecule has 1 rings (SSSR count). The highest BCUT2D eigenvalue weighted by molar-refractivity contribution is 7.86. The summed E-state index contributed by atoms with van der Waals surface area (Å²) in [6.45, 7) is 10.9. The molecule has 0 saturated carbocycles. The second-order valence-corrected chi connectivity index (χ2v) is 8.25. The molecule has 1 aromatic rings. The van der Waals surface area contributed by atoms with Crippen LogP contribution in [0.4, 0.5) is 0 Å². The Morgan fingerprint density at radius 1 is 1.09 bits per heavy atom. The molecule has 0 aliphatic carbocycles. The molecular weight excluding hydrogens is 300 g/mol. The standard InChI is InChI=1S/C17H28O4S/c1-14(2)10-12-20-17(4,5)11-13-21-22(18,19)16-8-6-15(3)7-9-16/h6-9,14H,10-13H2,1-5H3. The molecule has 0 spiro atoms. The van der Waals surface area contributed by atoms with Gasteiger partial charge in [0.05, 0.1) is 17.1 Å². The van der Waals surface area contributed by atoms with Gasteiger partial charge in [-0.05, 0) is 45.2 Å². The van der Waals surface area contributed by atoms with Crippen molar-refractivity contribution in [2.75, 3.05) is 13.2 Å². The summed E-state index contributed by atoms with van der Waals surface area (Å²) in [4.78, 5) is 0.191. The third kappa shape index (κ3) is 6.90. The second-order valence-electron chi connectivity index (χ2n) is 6.63. The first-order valence-corrected chi connectivity index (χ1v) is 9.13. The Kier molecular flexibility index (Phi) is 7.03. The Balaban J connectivity index is 2.46. The molecule has 0 radical (unpaired) electrons. The lowest BCUT2D eigenvalue weighted by molar-refractivity contribution is -0.0342. The van der Waals surface area contributed by atoms with Crippen LogP contribution in [0.3, 0.4) is 0 Å². The first kappa shape index (κ1) is 19.1. The molecule has 5 heteroatoms. The van der Waals surface area contributed by atoms with Gasteiger partial charge < -0.3 is 4.74 Å². The molecule has 0 aliphatic rings. The number of hydrogen-bond acceptors (Lipinski definition) is 4. The molecule has 0 N–H and O–H groups in total. The average molecular weight is 328 g/mol. The maximum Gasteiger partial charge on any atom is 0.296 e. The third-order valence-corrected chi connectivity index (χ3v) is 4.77. The van der Waals surface area contributed by atoms with Crippen LogP contribution in [-0.2, 0) is 19.0 Å². The van der Waals surface area contributed by atoms with E-state index in [4.69, 9.17) is 8.92 Å². The number of benzene rings is 1. The van der Waals surface area contributed by atoms with E-state index in [1.165, 1.54) is 0 Å². The van der Waals surface area contributed by atoms with Crippen LogP contribution in [0.25, 0.3) is 0 Å². The Morgan fingerprint density at radius 3 is 2.23 bits per heavy atom. The number of aryl methyl sites for hydroxylation is 1. The first-order valence-electron chi connectivity index (χ1n) is 7.72. The van der Waals surface area contributed by atoms with Crippen molar-refractivity contribution in [1.29, 1.82) is 0 Å². The molecule has 22 heavy (non-hydrogen) atoms. The molecular formula is C17H28O4S. The molecule has 0 unspecified atom stereocenters. The molecule has 0 bridgehead atoms. The van der Waals surface area contributed by atoms with Crippen LogP contribution < -0.4 is 0 Å². The third-order valence-electron chi connectivity index (χ3n) is 3.44. The zero-order chi connectivity index (χ0) is 16.8. The van der Waals surface area contributed by atoms with E-state index in [9.17, 15) is 8.42 Å². The maximum atomic E-state index is 12.1. The van der Waals surface area contributed by atoms with Crippen LogP contribution in [0.15, 0.2) is 29.2 Å². The Bertz CT molecular complexity index is 545. The van der Waals surface area contributed by atoms with Crippen molar-refractivity contribution < 1.29 is 17.3 Å². The van der Waals surface area contributed by atoms with Crippen LogP contribution in [0, 0.1) is 12.8 Å². The number of rotatable bonds is 9. The summed E-state index contributed by atoms with van der Waals surface area (Å²) in [5.74, 6) is 0.592. The summed E-state index contributed by atoms with van der Waals surface area (Å²) in [5.41, 5.74) is 0.621. The van der Waals surface area contributed by atoms with Crippen LogP contribution in [0.5, 0.6) is 0 Å². The molecule has 0 fully saturated rings. The van der Waals surface area contributed by atoms with E-state index >= 15 is 0 Å². The van der Waals surface area contributed by atoms with E-state index in [1.807, 2.05) is 20.8 Å². The Morgan fingerprint density at radius 2 is 1.68 bits per heavy atom. The zero-order valence-corrected chi connectivity index (χ0v) is 15.1. The lowest BCUT2D eigenvalue weighted by Gasteiger charge is -2.25. The summed E-state index contributed by atoms with van der Waals surface area (Å²) in [6.07, 6.45) is 1.52. The van der Waals surface area contributed by atoms with Crippen molar-refractivity contribution >= 4 is 10.1 Å². The normalized spacial score (nSPS) is 12.8. The SMILES string of the molecule is Cc1ccc(S(=O)(=O)OCCC(C)(C)OCCC(C)C)cc1.